The van der Waals surface area contributed by atoms with Crippen molar-refractivity contribution in [3.05, 3.63) is 28.7 Å². The Balaban J connectivity index is 1.89. The predicted molar refractivity (Wildman–Crippen MR) is 54.6 cm³/mol. The van der Waals surface area contributed by atoms with E-state index in [2.05, 4.69) is 40.2 Å². The standard InChI is InChI=1S/C9H9BrOS/c10-7-1-3-9(4-2-7)12-6-8-5-11-8/h1-4,8H,5-6H2. The van der Waals surface area contributed by atoms with Gasteiger partial charge in [0, 0.05) is 15.1 Å². The molecule has 1 heterocycles. The fourth-order valence-corrected chi connectivity index (χ4v) is 2.05. The Morgan fingerprint density at radius 3 is 2.67 bits per heavy atom. The van der Waals surface area contributed by atoms with E-state index in [0.29, 0.717) is 6.10 Å². The van der Waals surface area contributed by atoms with Crippen molar-refractivity contribution in [2.75, 3.05) is 12.4 Å². The average molecular weight is 245 g/mol. The molecule has 0 spiro atoms. The molecule has 2 rings (SSSR count). The largest absolute Gasteiger partial charge is 0.372 e. The van der Waals surface area contributed by atoms with Gasteiger partial charge in [-0.1, -0.05) is 15.9 Å². The highest BCUT2D eigenvalue weighted by atomic mass is 79.9. The Bertz CT molecular complexity index is 256. The molecule has 1 aromatic carbocycles. The fraction of sp³-hybridized carbons (Fsp3) is 0.333. The summed E-state index contributed by atoms with van der Waals surface area (Å²) in [4.78, 5) is 1.31. The molecule has 1 nitrogen and oxygen atoms in total. The molecule has 0 amide bonds. The van der Waals surface area contributed by atoms with Crippen LogP contribution in [0.2, 0.25) is 0 Å². The third-order valence-corrected chi connectivity index (χ3v) is 3.32. The zero-order valence-corrected chi connectivity index (χ0v) is 8.90. The summed E-state index contributed by atoms with van der Waals surface area (Å²) < 4.78 is 6.26. The number of hydrogen-bond donors (Lipinski definition) is 0. The van der Waals surface area contributed by atoms with E-state index in [4.69, 9.17) is 4.74 Å². The highest BCUT2D eigenvalue weighted by molar-refractivity contribution is 9.10. The summed E-state index contributed by atoms with van der Waals surface area (Å²) >= 11 is 5.26. The van der Waals surface area contributed by atoms with Crippen LogP contribution in [-0.4, -0.2) is 18.5 Å². The van der Waals surface area contributed by atoms with Crippen LogP contribution in [0, 0.1) is 0 Å². The number of epoxide rings is 1. The van der Waals surface area contributed by atoms with Crippen LogP contribution in [-0.2, 0) is 4.74 Å². The fourth-order valence-electron chi connectivity index (χ4n) is 0.884. The molecular weight excluding hydrogens is 236 g/mol. The van der Waals surface area contributed by atoms with E-state index in [-0.39, 0.29) is 0 Å². The Morgan fingerprint density at radius 2 is 2.08 bits per heavy atom. The number of hydrogen-bond acceptors (Lipinski definition) is 2. The zero-order chi connectivity index (χ0) is 8.39. The third kappa shape index (κ3) is 2.51. The summed E-state index contributed by atoms with van der Waals surface area (Å²) in [5.41, 5.74) is 0. The second kappa shape index (κ2) is 3.81. The van der Waals surface area contributed by atoms with Gasteiger partial charge in [0.2, 0.25) is 0 Å². The lowest BCUT2D eigenvalue weighted by Crippen LogP contribution is -1.87. The van der Waals surface area contributed by atoms with Gasteiger partial charge in [-0.05, 0) is 24.3 Å². The summed E-state index contributed by atoms with van der Waals surface area (Å²) in [7, 11) is 0. The molecule has 64 valence electrons. The zero-order valence-electron chi connectivity index (χ0n) is 6.50. The van der Waals surface area contributed by atoms with Crippen LogP contribution in [0.3, 0.4) is 0 Å². The van der Waals surface area contributed by atoms with Crippen molar-refractivity contribution in [2.24, 2.45) is 0 Å². The number of halogens is 1. The van der Waals surface area contributed by atoms with Gasteiger partial charge in [-0.2, -0.15) is 0 Å². The van der Waals surface area contributed by atoms with Crippen LogP contribution >= 0.6 is 27.7 Å². The molecule has 0 saturated carbocycles. The van der Waals surface area contributed by atoms with Gasteiger partial charge in [0.15, 0.2) is 0 Å². The molecule has 1 aliphatic rings. The third-order valence-electron chi connectivity index (χ3n) is 1.65. The average Bonchev–Trinajstić information content (AvgIpc) is 2.87. The van der Waals surface area contributed by atoms with Gasteiger partial charge < -0.3 is 4.74 Å². The number of rotatable bonds is 3. The van der Waals surface area contributed by atoms with E-state index in [1.807, 2.05) is 11.8 Å². The van der Waals surface area contributed by atoms with Gasteiger partial charge in [0.05, 0.1) is 12.7 Å². The highest BCUT2D eigenvalue weighted by Crippen LogP contribution is 2.24. The Labute approximate surface area is 84.6 Å². The van der Waals surface area contributed by atoms with E-state index in [0.717, 1.165) is 16.8 Å². The molecular formula is C9H9BrOS. The lowest BCUT2D eigenvalue weighted by molar-refractivity contribution is 0.426. The van der Waals surface area contributed by atoms with Crippen LogP contribution in [0.15, 0.2) is 33.6 Å². The van der Waals surface area contributed by atoms with Gasteiger partial charge in [-0.3, -0.25) is 0 Å². The van der Waals surface area contributed by atoms with Crippen LogP contribution in [0.1, 0.15) is 0 Å². The molecule has 0 radical (unpaired) electrons. The molecule has 1 atom stereocenters. The normalized spacial score (nSPS) is 20.9. The SMILES string of the molecule is Brc1ccc(SCC2CO2)cc1. The van der Waals surface area contributed by atoms with Crippen molar-refractivity contribution in [2.45, 2.75) is 11.0 Å². The smallest absolute Gasteiger partial charge is 0.0903 e. The van der Waals surface area contributed by atoms with Crippen molar-refractivity contribution < 1.29 is 4.74 Å². The van der Waals surface area contributed by atoms with E-state index in [1.54, 1.807) is 0 Å². The second-order valence-electron chi connectivity index (χ2n) is 2.72. The molecule has 0 aromatic heterocycles. The minimum atomic E-state index is 0.513. The van der Waals surface area contributed by atoms with Gasteiger partial charge in [0.1, 0.15) is 0 Å². The van der Waals surface area contributed by atoms with Crippen LogP contribution < -0.4 is 0 Å². The Morgan fingerprint density at radius 1 is 1.42 bits per heavy atom. The van der Waals surface area contributed by atoms with Crippen LogP contribution in [0.4, 0.5) is 0 Å². The molecule has 0 N–H and O–H groups in total. The van der Waals surface area contributed by atoms with Gasteiger partial charge in [0.25, 0.3) is 0 Å². The molecule has 1 aromatic rings. The lowest BCUT2D eigenvalue weighted by Gasteiger charge is -1.98. The summed E-state index contributed by atoms with van der Waals surface area (Å²) in [5, 5.41) is 0. The predicted octanol–water partition coefficient (Wildman–Crippen LogP) is 2.94. The molecule has 1 unspecified atom stereocenters. The van der Waals surface area contributed by atoms with E-state index < -0.39 is 0 Å². The molecule has 1 fully saturated rings. The number of thioether (sulfide) groups is 1. The minimum absolute atomic E-state index is 0.513. The lowest BCUT2D eigenvalue weighted by atomic mass is 10.4. The summed E-state index contributed by atoms with van der Waals surface area (Å²) in [6.07, 6.45) is 0.513. The Hall–Kier alpha value is 0.01000. The van der Waals surface area contributed by atoms with Gasteiger partial charge in [-0.15, -0.1) is 11.8 Å². The summed E-state index contributed by atoms with van der Waals surface area (Å²) in [6.45, 7) is 0.948. The Kier molecular flexibility index (Phi) is 2.73. The second-order valence-corrected chi connectivity index (χ2v) is 4.73. The van der Waals surface area contributed by atoms with Crippen molar-refractivity contribution in [1.29, 1.82) is 0 Å². The minimum Gasteiger partial charge on any atom is -0.372 e. The van der Waals surface area contributed by atoms with Crippen molar-refractivity contribution in [1.82, 2.24) is 0 Å². The van der Waals surface area contributed by atoms with Crippen molar-refractivity contribution >= 4 is 27.7 Å². The van der Waals surface area contributed by atoms with E-state index in [1.165, 1.54) is 4.90 Å². The maximum atomic E-state index is 5.12. The number of benzene rings is 1. The van der Waals surface area contributed by atoms with Crippen molar-refractivity contribution in [3.63, 3.8) is 0 Å². The molecule has 1 aliphatic heterocycles. The van der Waals surface area contributed by atoms with Gasteiger partial charge in [-0.25, -0.2) is 0 Å². The van der Waals surface area contributed by atoms with Crippen molar-refractivity contribution in [3.8, 4) is 0 Å². The summed E-state index contributed by atoms with van der Waals surface area (Å²) in [5.74, 6) is 1.08. The maximum absolute atomic E-state index is 5.12. The number of ether oxygens (including phenoxy) is 1. The van der Waals surface area contributed by atoms with Crippen LogP contribution in [0.25, 0.3) is 0 Å². The summed E-state index contributed by atoms with van der Waals surface area (Å²) in [6, 6.07) is 8.38. The first-order valence-electron chi connectivity index (χ1n) is 3.84. The molecule has 12 heavy (non-hydrogen) atoms. The van der Waals surface area contributed by atoms with Gasteiger partial charge >= 0.3 is 0 Å². The monoisotopic (exact) mass is 244 g/mol. The van der Waals surface area contributed by atoms with Crippen LogP contribution in [0.5, 0.6) is 0 Å². The molecule has 0 bridgehead atoms. The molecule has 1 saturated heterocycles. The first kappa shape index (κ1) is 8.60. The molecule has 3 heteroatoms. The topological polar surface area (TPSA) is 12.5 Å². The first-order valence-corrected chi connectivity index (χ1v) is 5.62. The van der Waals surface area contributed by atoms with E-state index >= 15 is 0 Å². The van der Waals surface area contributed by atoms with E-state index in [9.17, 15) is 0 Å². The molecule has 0 aliphatic carbocycles. The first-order chi connectivity index (χ1) is 5.84. The highest BCUT2D eigenvalue weighted by Gasteiger charge is 2.21. The quantitative estimate of drug-likeness (QED) is 0.599. The maximum Gasteiger partial charge on any atom is 0.0903 e.